The molecule has 4 rings (SSSR count). The lowest BCUT2D eigenvalue weighted by atomic mass is 10.2. The molecular weight excluding hydrogens is 404 g/mol. The number of halogens is 1. The molecule has 4 aromatic rings. The Morgan fingerprint density at radius 2 is 2.03 bits per heavy atom. The fourth-order valence-electron chi connectivity index (χ4n) is 3.60. The van der Waals surface area contributed by atoms with Gasteiger partial charge < -0.3 is 14.3 Å². The maximum absolute atomic E-state index is 13.1. The Morgan fingerprint density at radius 3 is 2.77 bits per heavy atom. The molecule has 0 aliphatic carbocycles. The normalized spacial score (nSPS) is 11.2. The van der Waals surface area contributed by atoms with Crippen LogP contribution in [-0.2, 0) is 24.4 Å². The van der Waals surface area contributed by atoms with Crippen LogP contribution in [0.4, 0.5) is 0 Å². The number of aryl methyl sites for hydroxylation is 2. The van der Waals surface area contributed by atoms with Crippen molar-refractivity contribution in [3.63, 3.8) is 0 Å². The van der Waals surface area contributed by atoms with Crippen LogP contribution in [0, 0.1) is 13.8 Å². The van der Waals surface area contributed by atoms with Crippen molar-refractivity contribution in [2.24, 2.45) is 0 Å². The Bertz CT molecular complexity index is 1270. The topological polar surface area (TPSA) is 82.1 Å². The number of nitrogens with zero attached hydrogens (tertiary/aromatic N) is 3. The van der Waals surface area contributed by atoms with E-state index in [1.165, 1.54) is 4.68 Å². The number of amides is 1. The minimum atomic E-state index is -0.312. The molecule has 1 amide bonds. The lowest BCUT2D eigenvalue weighted by Gasteiger charge is -2.09. The van der Waals surface area contributed by atoms with E-state index in [9.17, 15) is 9.59 Å². The summed E-state index contributed by atoms with van der Waals surface area (Å²) >= 11 is 6.11. The van der Waals surface area contributed by atoms with Gasteiger partial charge in [-0.15, -0.1) is 0 Å². The second kappa shape index (κ2) is 8.20. The van der Waals surface area contributed by atoms with Gasteiger partial charge in [-0.2, -0.15) is 5.10 Å². The summed E-state index contributed by atoms with van der Waals surface area (Å²) in [6, 6.07) is 11.2. The average Bonchev–Trinajstić information content (AvgIpc) is 3.32. The summed E-state index contributed by atoms with van der Waals surface area (Å²) in [4.78, 5) is 25.3. The molecular formula is C22H21ClN4O3. The number of benzene rings is 1. The zero-order chi connectivity index (χ0) is 21.3. The van der Waals surface area contributed by atoms with E-state index in [1.807, 2.05) is 38.1 Å². The van der Waals surface area contributed by atoms with Gasteiger partial charge in [0, 0.05) is 28.3 Å². The summed E-state index contributed by atoms with van der Waals surface area (Å²) in [7, 11) is 0. The van der Waals surface area contributed by atoms with Gasteiger partial charge in [-0.25, -0.2) is 4.68 Å². The van der Waals surface area contributed by atoms with Gasteiger partial charge in [0.2, 0.25) is 5.91 Å². The first-order chi connectivity index (χ1) is 14.4. The van der Waals surface area contributed by atoms with Gasteiger partial charge in [0.25, 0.3) is 5.56 Å². The first-order valence-corrected chi connectivity index (χ1v) is 9.91. The molecule has 1 aromatic carbocycles. The van der Waals surface area contributed by atoms with Crippen molar-refractivity contribution in [3.05, 3.63) is 86.9 Å². The fraction of sp³-hybridized carbons (Fsp3) is 0.227. The summed E-state index contributed by atoms with van der Waals surface area (Å²) in [5.41, 5.74) is 2.53. The van der Waals surface area contributed by atoms with E-state index in [1.54, 1.807) is 24.6 Å². The van der Waals surface area contributed by atoms with Crippen LogP contribution in [0.25, 0.3) is 10.8 Å². The second-order valence-corrected chi connectivity index (χ2v) is 7.58. The molecule has 0 saturated heterocycles. The lowest BCUT2D eigenvalue weighted by Crippen LogP contribution is -2.33. The molecule has 0 aliphatic rings. The van der Waals surface area contributed by atoms with Crippen molar-refractivity contribution in [2.45, 2.75) is 33.5 Å². The number of furan rings is 1. The van der Waals surface area contributed by atoms with Gasteiger partial charge in [-0.05, 0) is 43.7 Å². The highest BCUT2D eigenvalue weighted by Crippen LogP contribution is 2.23. The molecule has 0 spiro atoms. The van der Waals surface area contributed by atoms with Crippen LogP contribution in [0.2, 0.25) is 5.02 Å². The van der Waals surface area contributed by atoms with Crippen molar-refractivity contribution in [2.75, 3.05) is 0 Å². The number of fused-ring (bicyclic) bond motifs is 1. The molecule has 0 unspecified atom stereocenters. The number of nitrogens with one attached hydrogen (secondary N) is 1. The third kappa shape index (κ3) is 3.89. The van der Waals surface area contributed by atoms with Gasteiger partial charge in [-0.1, -0.05) is 23.7 Å². The Hall–Kier alpha value is -3.32. The summed E-state index contributed by atoms with van der Waals surface area (Å²) in [5, 5.41) is 8.97. The highest BCUT2D eigenvalue weighted by molar-refractivity contribution is 6.30. The quantitative estimate of drug-likeness (QED) is 0.514. The molecule has 0 atom stereocenters. The van der Waals surface area contributed by atoms with E-state index >= 15 is 0 Å². The molecule has 8 heteroatoms. The number of aromatic nitrogens is 3. The fourth-order valence-corrected chi connectivity index (χ4v) is 3.82. The summed E-state index contributed by atoms with van der Waals surface area (Å²) in [6.45, 7) is 4.56. The van der Waals surface area contributed by atoms with Crippen LogP contribution in [0.15, 0.2) is 58.1 Å². The molecule has 1 N–H and O–H groups in total. The highest BCUT2D eigenvalue weighted by Gasteiger charge is 2.17. The minimum absolute atomic E-state index is 0.159. The first-order valence-electron chi connectivity index (χ1n) is 9.53. The Balaban J connectivity index is 1.61. The second-order valence-electron chi connectivity index (χ2n) is 7.14. The number of hydrogen-bond acceptors (Lipinski definition) is 4. The van der Waals surface area contributed by atoms with Crippen molar-refractivity contribution in [1.82, 2.24) is 19.7 Å². The molecule has 3 aromatic heterocycles. The molecule has 154 valence electrons. The van der Waals surface area contributed by atoms with Crippen LogP contribution < -0.4 is 10.9 Å². The predicted octanol–water partition coefficient (Wildman–Crippen LogP) is 3.43. The molecule has 7 nitrogen and oxygen atoms in total. The highest BCUT2D eigenvalue weighted by atomic mass is 35.5. The van der Waals surface area contributed by atoms with Gasteiger partial charge in [0.1, 0.15) is 12.3 Å². The molecule has 0 aliphatic heterocycles. The summed E-state index contributed by atoms with van der Waals surface area (Å²) in [5.74, 6) is 0.330. The molecule has 0 saturated carbocycles. The monoisotopic (exact) mass is 424 g/mol. The smallest absolute Gasteiger partial charge is 0.276 e. The number of carbonyl (C=O) groups is 1. The first kappa shape index (κ1) is 20.0. The maximum atomic E-state index is 13.1. The zero-order valence-corrected chi connectivity index (χ0v) is 17.4. The molecule has 0 bridgehead atoms. The van der Waals surface area contributed by atoms with E-state index in [4.69, 9.17) is 16.0 Å². The Morgan fingerprint density at radius 1 is 1.20 bits per heavy atom. The zero-order valence-electron chi connectivity index (χ0n) is 16.7. The van der Waals surface area contributed by atoms with Crippen LogP contribution in [0.1, 0.15) is 22.7 Å². The van der Waals surface area contributed by atoms with Crippen molar-refractivity contribution >= 4 is 28.3 Å². The number of hydrogen-bond donors (Lipinski definition) is 1. The maximum Gasteiger partial charge on any atom is 0.276 e. The van der Waals surface area contributed by atoms with E-state index in [0.717, 1.165) is 22.3 Å². The Kier molecular flexibility index (Phi) is 5.46. The molecule has 30 heavy (non-hydrogen) atoms. The largest absolute Gasteiger partial charge is 0.467 e. The third-order valence-electron chi connectivity index (χ3n) is 5.17. The number of rotatable bonds is 6. The van der Waals surface area contributed by atoms with E-state index in [-0.39, 0.29) is 24.6 Å². The predicted molar refractivity (Wildman–Crippen MR) is 115 cm³/mol. The summed E-state index contributed by atoms with van der Waals surface area (Å²) < 4.78 is 8.45. The van der Waals surface area contributed by atoms with Gasteiger partial charge in [0.05, 0.1) is 24.4 Å². The molecule has 0 fully saturated rings. The van der Waals surface area contributed by atoms with Crippen LogP contribution in [0.5, 0.6) is 0 Å². The van der Waals surface area contributed by atoms with Crippen molar-refractivity contribution in [1.29, 1.82) is 0 Å². The third-order valence-corrected chi connectivity index (χ3v) is 5.40. The van der Waals surface area contributed by atoms with Gasteiger partial charge in [-0.3, -0.25) is 9.59 Å². The minimum Gasteiger partial charge on any atom is -0.467 e. The van der Waals surface area contributed by atoms with Gasteiger partial charge >= 0.3 is 0 Å². The van der Waals surface area contributed by atoms with Crippen LogP contribution in [0.3, 0.4) is 0 Å². The van der Waals surface area contributed by atoms with E-state index in [2.05, 4.69) is 15.0 Å². The van der Waals surface area contributed by atoms with Crippen molar-refractivity contribution in [3.8, 4) is 0 Å². The van der Waals surface area contributed by atoms with Crippen LogP contribution in [-0.4, -0.2) is 20.3 Å². The van der Waals surface area contributed by atoms with Crippen LogP contribution >= 0.6 is 11.6 Å². The van der Waals surface area contributed by atoms with E-state index in [0.29, 0.717) is 22.7 Å². The summed E-state index contributed by atoms with van der Waals surface area (Å²) in [6.07, 6.45) is 3.19. The Labute approximate surface area is 177 Å². The molecule has 0 radical (unpaired) electrons. The lowest BCUT2D eigenvalue weighted by molar-refractivity contribution is -0.122. The molecule has 3 heterocycles. The van der Waals surface area contributed by atoms with Crippen molar-refractivity contribution < 1.29 is 9.21 Å². The van der Waals surface area contributed by atoms with Gasteiger partial charge in [0.15, 0.2) is 0 Å². The number of carbonyl (C=O) groups excluding carboxylic acids is 1. The SMILES string of the molecule is Cc1c2cnn(CC(=O)NCc3ccco3)c(=O)c2c(C)n1Cc1cccc(Cl)c1. The standard InChI is InChI=1S/C22H21ClN4O3/c1-14-19-11-25-27(13-20(28)24-10-18-7-4-8-30-18)22(29)21(19)15(2)26(14)12-16-5-3-6-17(23)9-16/h3-9,11H,10,12-13H2,1-2H3,(H,24,28). The van der Waals surface area contributed by atoms with E-state index < -0.39 is 0 Å². The average molecular weight is 425 g/mol.